The van der Waals surface area contributed by atoms with Crippen molar-refractivity contribution in [2.45, 2.75) is 6.92 Å². The number of hydrogen-bond donors (Lipinski definition) is 0. The molecule has 6 aromatic rings. The van der Waals surface area contributed by atoms with Gasteiger partial charge in [-0.2, -0.15) is 0 Å². The Balaban J connectivity index is 1.60. The Kier molecular flexibility index (Phi) is 6.63. The minimum absolute atomic E-state index is 0.631. The van der Waals surface area contributed by atoms with Gasteiger partial charge < -0.3 is 0 Å². The summed E-state index contributed by atoms with van der Waals surface area (Å²) < 4.78 is 0. The van der Waals surface area contributed by atoms with Gasteiger partial charge in [0.2, 0.25) is 0 Å². The minimum Gasteiger partial charge on any atom is -0.264 e. The molecule has 186 valence electrons. The van der Waals surface area contributed by atoms with E-state index in [4.69, 9.17) is 9.98 Å². The minimum atomic E-state index is 0.631. The molecule has 0 atom stereocenters. The Hall–Kier alpha value is -5.15. The Labute approximate surface area is 228 Å². The summed E-state index contributed by atoms with van der Waals surface area (Å²) in [4.78, 5) is 14.5. The van der Waals surface area contributed by atoms with E-state index in [1.165, 1.54) is 16.3 Å². The molecule has 3 heteroatoms. The van der Waals surface area contributed by atoms with Crippen LogP contribution in [0, 0.1) is 0 Å². The summed E-state index contributed by atoms with van der Waals surface area (Å²) in [7, 11) is 0. The zero-order valence-corrected chi connectivity index (χ0v) is 21.8. The van der Waals surface area contributed by atoms with Gasteiger partial charge in [-0.3, -0.25) is 4.98 Å². The van der Waals surface area contributed by atoms with Gasteiger partial charge in [0.25, 0.3) is 0 Å². The average Bonchev–Trinajstić information content (AvgIpc) is 3.00. The highest BCUT2D eigenvalue weighted by Crippen LogP contribution is 2.39. The van der Waals surface area contributed by atoms with E-state index < -0.39 is 0 Å². The van der Waals surface area contributed by atoms with Gasteiger partial charge >= 0.3 is 0 Å². The molecule has 1 aromatic heterocycles. The van der Waals surface area contributed by atoms with E-state index in [0.29, 0.717) is 11.5 Å². The fourth-order valence-electron chi connectivity index (χ4n) is 5.12. The lowest BCUT2D eigenvalue weighted by Gasteiger charge is -2.17. The van der Waals surface area contributed by atoms with Gasteiger partial charge in [0.1, 0.15) is 0 Å². The number of hydrogen-bond acceptors (Lipinski definition) is 2. The molecular weight excluding hydrogens is 474 g/mol. The molecule has 0 fully saturated rings. The standard InChI is InChI=1S/C36H27N3/c1-25(27-14-5-3-6-15-27)38-36(28-16-7-4-8-17-28)39-26(2)34-30-19-9-11-21-32(30)35(29-18-13-23-37-24-29)33-22-12-10-20-31(33)34/h3-24H,1H2,2H3/b38-36-,39-26+. The van der Waals surface area contributed by atoms with Gasteiger partial charge in [0.15, 0.2) is 5.84 Å². The molecule has 0 saturated heterocycles. The second kappa shape index (κ2) is 10.7. The first-order valence-electron chi connectivity index (χ1n) is 13.0. The van der Waals surface area contributed by atoms with Crippen LogP contribution in [0.15, 0.2) is 150 Å². The topological polar surface area (TPSA) is 37.6 Å². The number of aromatic nitrogens is 1. The first-order chi connectivity index (χ1) is 19.2. The third kappa shape index (κ3) is 4.78. The van der Waals surface area contributed by atoms with Crippen molar-refractivity contribution in [1.29, 1.82) is 0 Å². The molecule has 0 unspecified atom stereocenters. The lowest BCUT2D eigenvalue weighted by atomic mass is 9.87. The van der Waals surface area contributed by atoms with Gasteiger partial charge in [-0.15, -0.1) is 0 Å². The predicted molar refractivity (Wildman–Crippen MR) is 165 cm³/mol. The van der Waals surface area contributed by atoms with Crippen molar-refractivity contribution in [3.05, 3.63) is 157 Å². The van der Waals surface area contributed by atoms with Crippen LogP contribution in [0.3, 0.4) is 0 Å². The predicted octanol–water partition coefficient (Wildman–Crippen LogP) is 8.98. The van der Waals surface area contributed by atoms with Crippen LogP contribution < -0.4 is 0 Å². The van der Waals surface area contributed by atoms with Crippen LogP contribution in [-0.4, -0.2) is 16.5 Å². The number of rotatable bonds is 5. The van der Waals surface area contributed by atoms with Crippen molar-refractivity contribution in [1.82, 2.24) is 4.98 Å². The maximum atomic E-state index is 5.18. The maximum absolute atomic E-state index is 5.18. The van der Waals surface area contributed by atoms with E-state index in [1.54, 1.807) is 0 Å². The maximum Gasteiger partial charge on any atom is 0.160 e. The summed E-state index contributed by atoms with van der Waals surface area (Å²) in [6.45, 7) is 6.32. The smallest absolute Gasteiger partial charge is 0.160 e. The van der Waals surface area contributed by atoms with E-state index in [-0.39, 0.29) is 0 Å². The third-order valence-corrected chi connectivity index (χ3v) is 6.90. The fourth-order valence-corrected chi connectivity index (χ4v) is 5.12. The SMILES string of the molecule is C=C(/N=C(\N=C(/C)c1c2ccccc2c(-c2cccnc2)c2ccccc12)c1ccccc1)c1ccccc1. The van der Waals surface area contributed by atoms with Gasteiger partial charge in [0.05, 0.1) is 5.70 Å². The van der Waals surface area contributed by atoms with E-state index in [0.717, 1.165) is 38.7 Å². The van der Waals surface area contributed by atoms with Crippen molar-refractivity contribution in [3.8, 4) is 11.1 Å². The van der Waals surface area contributed by atoms with Crippen LogP contribution in [0.4, 0.5) is 0 Å². The number of fused-ring (bicyclic) bond motifs is 2. The molecule has 0 aliphatic rings. The third-order valence-electron chi connectivity index (χ3n) is 6.90. The molecule has 0 amide bonds. The van der Waals surface area contributed by atoms with Crippen LogP contribution in [0.1, 0.15) is 23.6 Å². The molecule has 0 radical (unpaired) electrons. The zero-order chi connectivity index (χ0) is 26.6. The molecule has 6 rings (SSSR count). The number of aliphatic imine (C=N–C) groups is 2. The summed E-state index contributed by atoms with van der Waals surface area (Å²) in [5, 5.41) is 4.62. The average molecular weight is 502 g/mol. The monoisotopic (exact) mass is 501 g/mol. The normalized spacial score (nSPS) is 12.1. The van der Waals surface area contributed by atoms with Crippen LogP contribution in [0.2, 0.25) is 0 Å². The van der Waals surface area contributed by atoms with Crippen LogP contribution >= 0.6 is 0 Å². The second-order valence-corrected chi connectivity index (χ2v) is 9.39. The number of pyridine rings is 1. The van der Waals surface area contributed by atoms with E-state index in [2.05, 4.69) is 73.1 Å². The van der Waals surface area contributed by atoms with Crippen molar-refractivity contribution >= 4 is 38.8 Å². The summed E-state index contributed by atoms with van der Waals surface area (Å²) in [5.74, 6) is 0.631. The molecule has 0 saturated carbocycles. The molecule has 5 aromatic carbocycles. The molecule has 1 heterocycles. The Morgan fingerprint density at radius 2 is 1.13 bits per heavy atom. The lowest BCUT2D eigenvalue weighted by molar-refractivity contribution is 1.33. The van der Waals surface area contributed by atoms with Crippen molar-refractivity contribution in [2.75, 3.05) is 0 Å². The molecule has 39 heavy (non-hydrogen) atoms. The molecule has 3 nitrogen and oxygen atoms in total. The Morgan fingerprint density at radius 3 is 1.69 bits per heavy atom. The number of amidine groups is 1. The summed E-state index contributed by atoms with van der Waals surface area (Å²) >= 11 is 0. The van der Waals surface area contributed by atoms with Gasteiger partial charge in [-0.25, -0.2) is 9.98 Å². The Morgan fingerprint density at radius 1 is 0.590 bits per heavy atom. The molecule has 0 aliphatic heterocycles. The number of nitrogens with zero attached hydrogens (tertiary/aromatic N) is 3. The van der Waals surface area contributed by atoms with Crippen LogP contribution in [-0.2, 0) is 0 Å². The summed E-state index contributed by atoms with van der Waals surface area (Å²) in [6.07, 6.45) is 3.75. The molecule has 0 spiro atoms. The van der Waals surface area contributed by atoms with E-state index in [1.807, 2.05) is 79.1 Å². The highest BCUT2D eigenvalue weighted by atomic mass is 14.9. The van der Waals surface area contributed by atoms with Gasteiger partial charge in [-0.05, 0) is 45.7 Å². The first-order valence-corrected chi connectivity index (χ1v) is 13.0. The number of benzene rings is 5. The summed E-state index contributed by atoms with van der Waals surface area (Å²) in [5.41, 5.74) is 6.85. The largest absolute Gasteiger partial charge is 0.264 e. The Bertz CT molecular complexity index is 1800. The van der Waals surface area contributed by atoms with E-state index >= 15 is 0 Å². The van der Waals surface area contributed by atoms with Crippen molar-refractivity contribution in [3.63, 3.8) is 0 Å². The molecular formula is C36H27N3. The highest BCUT2D eigenvalue weighted by Gasteiger charge is 2.17. The first kappa shape index (κ1) is 24.2. The van der Waals surface area contributed by atoms with Crippen LogP contribution in [0.5, 0.6) is 0 Å². The van der Waals surface area contributed by atoms with Crippen LogP contribution in [0.25, 0.3) is 38.4 Å². The fraction of sp³-hybridized carbons (Fsp3) is 0.0278. The molecule has 0 N–H and O–H groups in total. The lowest BCUT2D eigenvalue weighted by Crippen LogP contribution is -2.06. The van der Waals surface area contributed by atoms with Crippen molar-refractivity contribution < 1.29 is 0 Å². The molecule has 0 aliphatic carbocycles. The quantitative estimate of drug-likeness (QED) is 0.132. The van der Waals surface area contributed by atoms with Crippen molar-refractivity contribution in [2.24, 2.45) is 9.98 Å². The zero-order valence-electron chi connectivity index (χ0n) is 21.8. The van der Waals surface area contributed by atoms with Gasteiger partial charge in [-0.1, -0.05) is 122 Å². The van der Waals surface area contributed by atoms with E-state index in [9.17, 15) is 0 Å². The highest BCUT2D eigenvalue weighted by molar-refractivity contribution is 6.27. The van der Waals surface area contributed by atoms with Gasteiger partial charge in [0, 0.05) is 34.8 Å². The summed E-state index contributed by atoms with van der Waals surface area (Å²) in [6, 6.07) is 41.3. The molecule has 0 bridgehead atoms. The second-order valence-electron chi connectivity index (χ2n) is 9.39.